The van der Waals surface area contributed by atoms with Gasteiger partial charge >= 0.3 is 0 Å². The van der Waals surface area contributed by atoms with Crippen molar-refractivity contribution in [2.24, 2.45) is 0 Å². The Balaban J connectivity index is 2.00. The molecule has 114 valence electrons. The van der Waals surface area contributed by atoms with E-state index in [1.165, 1.54) is 18.2 Å². The molecule has 0 spiro atoms. The van der Waals surface area contributed by atoms with Crippen LogP contribution < -0.4 is 16.2 Å². The Hall–Kier alpha value is -1.90. The van der Waals surface area contributed by atoms with Crippen LogP contribution in [0.25, 0.3) is 0 Å². The number of halogens is 2. The van der Waals surface area contributed by atoms with Crippen molar-refractivity contribution in [1.82, 2.24) is 5.43 Å². The molecule has 0 saturated heterocycles. The highest BCUT2D eigenvalue weighted by atomic mass is 79.9. The Morgan fingerprint density at radius 1 is 1.27 bits per heavy atom. The van der Waals surface area contributed by atoms with E-state index in [4.69, 9.17) is 23.8 Å². The van der Waals surface area contributed by atoms with Crippen LogP contribution >= 0.6 is 39.7 Å². The zero-order valence-electron chi connectivity index (χ0n) is 11.0. The average Bonchev–Trinajstić information content (AvgIpc) is 2.47. The van der Waals surface area contributed by atoms with Gasteiger partial charge in [-0.25, -0.2) is 0 Å². The van der Waals surface area contributed by atoms with Gasteiger partial charge in [-0.15, -0.1) is 0 Å². The van der Waals surface area contributed by atoms with Gasteiger partial charge in [0.25, 0.3) is 5.69 Å². The number of thiocarbonyl (C=S) groups is 1. The average molecular weight is 402 g/mol. The van der Waals surface area contributed by atoms with Crippen molar-refractivity contribution in [3.8, 4) is 0 Å². The maximum absolute atomic E-state index is 10.8. The monoisotopic (exact) mass is 400 g/mol. The van der Waals surface area contributed by atoms with Gasteiger partial charge < -0.3 is 5.32 Å². The van der Waals surface area contributed by atoms with Gasteiger partial charge in [0, 0.05) is 16.6 Å². The molecule has 0 heterocycles. The molecule has 22 heavy (non-hydrogen) atoms. The quantitative estimate of drug-likeness (QED) is 0.402. The lowest BCUT2D eigenvalue weighted by molar-refractivity contribution is -0.384. The molecule has 0 aliphatic heterocycles. The third-order valence-corrected chi connectivity index (χ3v) is 3.58. The van der Waals surface area contributed by atoms with Crippen LogP contribution in [-0.4, -0.2) is 10.0 Å². The number of benzene rings is 2. The highest BCUT2D eigenvalue weighted by molar-refractivity contribution is 9.10. The number of nitro benzene ring substituents is 1. The van der Waals surface area contributed by atoms with Crippen LogP contribution in [0.1, 0.15) is 0 Å². The Morgan fingerprint density at radius 3 is 2.73 bits per heavy atom. The van der Waals surface area contributed by atoms with E-state index in [9.17, 15) is 10.1 Å². The lowest BCUT2D eigenvalue weighted by Crippen LogP contribution is -2.33. The van der Waals surface area contributed by atoms with Crippen molar-refractivity contribution in [1.29, 1.82) is 0 Å². The minimum absolute atomic E-state index is 0.0744. The van der Waals surface area contributed by atoms with Gasteiger partial charge in [0.1, 0.15) is 0 Å². The molecule has 0 atom stereocenters. The first-order valence-electron chi connectivity index (χ1n) is 5.98. The van der Waals surface area contributed by atoms with Crippen LogP contribution in [0, 0.1) is 10.1 Å². The first-order chi connectivity index (χ1) is 10.5. The summed E-state index contributed by atoms with van der Waals surface area (Å²) in [4.78, 5) is 10.3. The van der Waals surface area contributed by atoms with E-state index >= 15 is 0 Å². The largest absolute Gasteiger partial charge is 0.330 e. The predicted molar refractivity (Wildman–Crippen MR) is 95.2 cm³/mol. The van der Waals surface area contributed by atoms with Gasteiger partial charge in [-0.05, 0) is 36.5 Å². The minimum atomic E-state index is -0.502. The first-order valence-corrected chi connectivity index (χ1v) is 7.56. The molecule has 3 N–H and O–H groups in total. The van der Waals surface area contributed by atoms with Gasteiger partial charge in [-0.1, -0.05) is 33.6 Å². The molecule has 2 aromatic carbocycles. The molecular formula is C13H10BrClN4O2S. The minimum Gasteiger partial charge on any atom is -0.330 e. The number of hydrogen-bond acceptors (Lipinski definition) is 4. The summed E-state index contributed by atoms with van der Waals surface area (Å²) in [7, 11) is 0. The van der Waals surface area contributed by atoms with Crippen molar-refractivity contribution < 1.29 is 4.92 Å². The van der Waals surface area contributed by atoms with Crippen molar-refractivity contribution in [2.45, 2.75) is 0 Å². The SMILES string of the molecule is O=[N+]([O-])c1ccc(Cl)c(NC(=S)NNc2cccc(Br)c2)c1. The van der Waals surface area contributed by atoms with Crippen LogP contribution in [0.15, 0.2) is 46.9 Å². The Morgan fingerprint density at radius 2 is 2.05 bits per heavy atom. The fourth-order valence-corrected chi connectivity index (χ4v) is 2.30. The maximum Gasteiger partial charge on any atom is 0.271 e. The molecule has 0 fully saturated rings. The van der Waals surface area contributed by atoms with E-state index in [2.05, 4.69) is 32.1 Å². The molecule has 9 heteroatoms. The lowest BCUT2D eigenvalue weighted by atomic mass is 10.3. The number of hydrogen-bond donors (Lipinski definition) is 3. The molecule has 2 rings (SSSR count). The van der Waals surface area contributed by atoms with Crippen LogP contribution in [0.3, 0.4) is 0 Å². The second kappa shape index (κ2) is 7.39. The topological polar surface area (TPSA) is 79.2 Å². The summed E-state index contributed by atoms with van der Waals surface area (Å²) in [6.45, 7) is 0. The Labute approximate surface area is 145 Å². The first kappa shape index (κ1) is 16.5. The second-order valence-electron chi connectivity index (χ2n) is 4.14. The Kier molecular flexibility index (Phi) is 5.53. The number of nitrogens with zero attached hydrogens (tertiary/aromatic N) is 1. The van der Waals surface area contributed by atoms with Crippen molar-refractivity contribution >= 4 is 61.9 Å². The normalized spacial score (nSPS) is 9.91. The fourth-order valence-electron chi connectivity index (χ4n) is 1.57. The molecule has 0 unspecified atom stereocenters. The van der Waals surface area contributed by atoms with E-state index < -0.39 is 4.92 Å². The molecule has 0 amide bonds. The second-order valence-corrected chi connectivity index (χ2v) is 5.87. The summed E-state index contributed by atoms with van der Waals surface area (Å²) < 4.78 is 0.917. The summed E-state index contributed by atoms with van der Waals surface area (Å²) in [5.41, 5.74) is 6.75. The summed E-state index contributed by atoms with van der Waals surface area (Å²) in [6.07, 6.45) is 0. The number of nitro groups is 1. The molecule has 0 aliphatic rings. The van der Waals surface area contributed by atoms with Crippen LogP contribution in [-0.2, 0) is 0 Å². The van der Waals surface area contributed by atoms with E-state index in [-0.39, 0.29) is 10.8 Å². The van der Waals surface area contributed by atoms with E-state index in [0.717, 1.165) is 10.2 Å². The van der Waals surface area contributed by atoms with Gasteiger partial charge in [0.05, 0.1) is 21.3 Å². The van der Waals surface area contributed by atoms with Crippen molar-refractivity contribution in [2.75, 3.05) is 10.7 Å². The molecule has 0 aliphatic carbocycles. The summed E-state index contributed by atoms with van der Waals surface area (Å²) >= 11 is 14.5. The summed E-state index contributed by atoms with van der Waals surface area (Å²) in [6, 6.07) is 11.5. The molecule has 6 nitrogen and oxygen atoms in total. The zero-order chi connectivity index (χ0) is 16.1. The number of anilines is 2. The highest BCUT2D eigenvalue weighted by Crippen LogP contribution is 2.26. The fraction of sp³-hybridized carbons (Fsp3) is 0. The molecular weight excluding hydrogens is 392 g/mol. The number of rotatable bonds is 4. The van der Waals surface area contributed by atoms with Gasteiger partial charge in [-0.2, -0.15) is 0 Å². The molecule has 0 radical (unpaired) electrons. The molecule has 0 aromatic heterocycles. The Bertz CT molecular complexity index is 729. The standard InChI is InChI=1S/C13H10BrClN4O2S/c14-8-2-1-3-9(6-8)17-18-13(22)16-12-7-10(19(20)21)4-5-11(12)15/h1-7,17H,(H2,16,18,22). The number of hydrazine groups is 1. The third-order valence-electron chi connectivity index (χ3n) is 2.55. The number of non-ortho nitro benzene ring substituents is 1. The summed E-state index contributed by atoms with van der Waals surface area (Å²) in [5.74, 6) is 0. The highest BCUT2D eigenvalue weighted by Gasteiger charge is 2.10. The maximum atomic E-state index is 10.8. The molecule has 0 bridgehead atoms. The molecule has 0 saturated carbocycles. The van der Waals surface area contributed by atoms with E-state index in [1.807, 2.05) is 24.3 Å². The van der Waals surface area contributed by atoms with Gasteiger partial charge in [-0.3, -0.25) is 21.0 Å². The smallest absolute Gasteiger partial charge is 0.271 e. The third kappa shape index (κ3) is 4.55. The van der Waals surface area contributed by atoms with E-state index in [0.29, 0.717) is 10.7 Å². The van der Waals surface area contributed by atoms with Crippen LogP contribution in [0.2, 0.25) is 5.02 Å². The van der Waals surface area contributed by atoms with Crippen molar-refractivity contribution in [3.63, 3.8) is 0 Å². The summed E-state index contributed by atoms with van der Waals surface area (Å²) in [5, 5.41) is 14.1. The van der Waals surface area contributed by atoms with E-state index in [1.54, 1.807) is 0 Å². The lowest BCUT2D eigenvalue weighted by Gasteiger charge is -2.13. The van der Waals surface area contributed by atoms with Gasteiger partial charge in [0.2, 0.25) is 0 Å². The number of nitrogens with one attached hydrogen (secondary N) is 3. The van der Waals surface area contributed by atoms with Crippen LogP contribution in [0.4, 0.5) is 17.1 Å². The van der Waals surface area contributed by atoms with Crippen molar-refractivity contribution in [3.05, 3.63) is 62.1 Å². The molecule has 2 aromatic rings. The zero-order valence-corrected chi connectivity index (χ0v) is 14.1. The van der Waals surface area contributed by atoms with Gasteiger partial charge in [0.15, 0.2) is 5.11 Å². The van der Waals surface area contributed by atoms with Crippen LogP contribution in [0.5, 0.6) is 0 Å². The predicted octanol–water partition coefficient (Wildman–Crippen LogP) is 4.32.